The lowest BCUT2D eigenvalue weighted by Crippen LogP contribution is -2.56. The van der Waals surface area contributed by atoms with Gasteiger partial charge in [-0.25, -0.2) is 19.1 Å². The highest BCUT2D eigenvalue weighted by atomic mass is 32.3. The zero-order valence-corrected chi connectivity index (χ0v) is 17.7. The maximum atomic E-state index is 14.4. The van der Waals surface area contributed by atoms with Gasteiger partial charge in [0.25, 0.3) is 11.8 Å². The third-order valence-corrected chi connectivity index (χ3v) is 7.71. The Morgan fingerprint density at radius 1 is 1.35 bits per heavy atom. The molecule has 0 radical (unpaired) electrons. The second kappa shape index (κ2) is 8.54. The minimum atomic E-state index is -5.23. The van der Waals surface area contributed by atoms with Crippen molar-refractivity contribution >= 4 is 32.9 Å². The highest BCUT2D eigenvalue weighted by Crippen LogP contribution is 2.46. The molecular weight excluding hydrogens is 470 g/mol. The lowest BCUT2D eigenvalue weighted by atomic mass is 9.95. The van der Waals surface area contributed by atoms with Gasteiger partial charge in [-0.2, -0.15) is 24.1 Å². The SMILES string of the molecule is NC(CONC(=O)[C@@H]1CC(F)(F)[C@@H]2CN1C(=O)N2OS(=O)(=O)O)C1CCS(O)(O)CC1. The van der Waals surface area contributed by atoms with Crippen LogP contribution in [-0.4, -0.2) is 92.7 Å². The zero-order chi connectivity index (χ0) is 23.2. The molecule has 3 heterocycles. The number of alkyl halides is 2. The molecule has 3 atom stereocenters. The highest BCUT2D eigenvalue weighted by Gasteiger charge is 2.62. The number of nitrogens with two attached hydrogens (primary N) is 1. The Morgan fingerprint density at radius 2 is 1.97 bits per heavy atom. The summed E-state index contributed by atoms with van der Waals surface area (Å²) in [6.45, 7) is -0.874. The minimum absolute atomic E-state index is 0.0807. The number of hydroxylamine groups is 3. The van der Waals surface area contributed by atoms with E-state index in [0.717, 1.165) is 0 Å². The molecule has 3 aliphatic rings. The highest BCUT2D eigenvalue weighted by molar-refractivity contribution is 8.24. The number of hydrogen-bond donors (Lipinski definition) is 5. The number of urea groups is 1. The van der Waals surface area contributed by atoms with Gasteiger partial charge in [-0.15, -0.1) is 4.28 Å². The normalized spacial score (nSPS) is 30.2. The standard InChI is InChI=1S/C14H24F2N4O9S2/c15-14(16)5-10(19-6-11(14)20(13(19)22)29-31(25,26)27)12(21)18-28-7-9(17)8-1-3-30(23,24)4-2-8/h8-11,23-24H,1-7,17H2,(H,18,21)(H,25,26,27)/t9?,10-,11-/m0/s1. The monoisotopic (exact) mass is 494 g/mol. The van der Waals surface area contributed by atoms with Gasteiger partial charge in [-0.05, 0) is 18.8 Å². The summed E-state index contributed by atoms with van der Waals surface area (Å²) in [5.74, 6) is -4.39. The maximum absolute atomic E-state index is 14.4. The number of rotatable bonds is 7. The van der Waals surface area contributed by atoms with Crippen LogP contribution in [0.3, 0.4) is 0 Å². The average Bonchev–Trinajstić information content (AvgIpc) is 2.91. The van der Waals surface area contributed by atoms with E-state index < -0.39 is 69.9 Å². The van der Waals surface area contributed by atoms with E-state index in [4.69, 9.17) is 15.1 Å². The van der Waals surface area contributed by atoms with Crippen LogP contribution in [-0.2, 0) is 24.3 Å². The number of piperidine rings is 1. The molecule has 13 nitrogen and oxygen atoms in total. The predicted octanol–water partition coefficient (Wildman–Crippen LogP) is -0.230. The van der Waals surface area contributed by atoms with E-state index in [1.807, 2.05) is 5.48 Å². The van der Waals surface area contributed by atoms with Crippen molar-refractivity contribution in [3.8, 4) is 0 Å². The van der Waals surface area contributed by atoms with Crippen molar-refractivity contribution in [3.63, 3.8) is 0 Å². The van der Waals surface area contributed by atoms with E-state index in [1.165, 1.54) is 0 Å². The lowest BCUT2D eigenvalue weighted by molar-refractivity contribution is -0.159. The number of carbonyl (C=O) groups is 2. The van der Waals surface area contributed by atoms with Crippen LogP contribution < -0.4 is 11.2 Å². The van der Waals surface area contributed by atoms with Gasteiger partial charge in [0.2, 0.25) is 0 Å². The number of carbonyl (C=O) groups excluding carboxylic acids is 2. The molecule has 0 saturated carbocycles. The van der Waals surface area contributed by atoms with Crippen LogP contribution in [0.15, 0.2) is 0 Å². The van der Waals surface area contributed by atoms with Crippen LogP contribution in [0.2, 0.25) is 0 Å². The number of halogens is 2. The van der Waals surface area contributed by atoms with Crippen molar-refractivity contribution in [3.05, 3.63) is 0 Å². The molecule has 0 aromatic carbocycles. The molecule has 3 saturated heterocycles. The molecule has 3 aliphatic heterocycles. The minimum Gasteiger partial charge on any atom is -0.325 e. The first-order valence-corrected chi connectivity index (χ1v) is 12.5. The van der Waals surface area contributed by atoms with Crippen LogP contribution in [0.4, 0.5) is 13.6 Å². The van der Waals surface area contributed by atoms with Crippen molar-refractivity contribution in [1.82, 2.24) is 15.4 Å². The molecule has 1 unspecified atom stereocenters. The quantitative estimate of drug-likeness (QED) is 0.233. The van der Waals surface area contributed by atoms with E-state index in [0.29, 0.717) is 17.7 Å². The fraction of sp³-hybridized carbons (Fsp3) is 0.857. The number of nitrogens with one attached hydrogen (secondary N) is 1. The summed E-state index contributed by atoms with van der Waals surface area (Å²) in [5, 5.41) is -0.160. The molecule has 3 rings (SSSR count). The molecule has 180 valence electrons. The molecule has 2 bridgehead atoms. The smallest absolute Gasteiger partial charge is 0.325 e. The largest absolute Gasteiger partial charge is 0.418 e. The summed E-state index contributed by atoms with van der Waals surface area (Å²) in [6.07, 6.45) is -0.192. The number of fused-ring (bicyclic) bond motifs is 2. The molecule has 31 heavy (non-hydrogen) atoms. The summed E-state index contributed by atoms with van der Waals surface area (Å²) >= 11 is 0. The van der Waals surface area contributed by atoms with Crippen molar-refractivity contribution in [2.45, 2.75) is 43.3 Å². The lowest BCUT2D eigenvalue weighted by Gasteiger charge is -2.40. The van der Waals surface area contributed by atoms with Gasteiger partial charge in [-0.1, -0.05) is 0 Å². The molecule has 6 N–H and O–H groups in total. The van der Waals surface area contributed by atoms with Gasteiger partial charge in [0, 0.05) is 24.0 Å². The van der Waals surface area contributed by atoms with E-state index in [9.17, 15) is 35.9 Å². The predicted molar refractivity (Wildman–Crippen MR) is 101 cm³/mol. The number of nitrogens with zero attached hydrogens (tertiary/aromatic N) is 2. The van der Waals surface area contributed by atoms with Crippen molar-refractivity contribution < 1.29 is 49.6 Å². The summed E-state index contributed by atoms with van der Waals surface area (Å²) in [5.41, 5.74) is 7.96. The second-order valence-corrected chi connectivity index (χ2v) is 11.2. The van der Waals surface area contributed by atoms with Crippen LogP contribution in [0.1, 0.15) is 19.3 Å². The fourth-order valence-corrected chi connectivity index (χ4v) is 5.79. The van der Waals surface area contributed by atoms with Crippen LogP contribution in [0.25, 0.3) is 0 Å². The molecule has 0 aromatic heterocycles. The topological polar surface area (TPSA) is 192 Å². The van der Waals surface area contributed by atoms with Crippen molar-refractivity contribution in [2.24, 2.45) is 11.7 Å². The van der Waals surface area contributed by atoms with Gasteiger partial charge >= 0.3 is 16.4 Å². The Labute approximate surface area is 178 Å². The summed E-state index contributed by atoms with van der Waals surface area (Å²) in [6, 6.07) is -5.55. The van der Waals surface area contributed by atoms with E-state index >= 15 is 0 Å². The van der Waals surface area contributed by atoms with E-state index in [2.05, 4.69) is 4.28 Å². The first-order chi connectivity index (χ1) is 14.2. The zero-order valence-electron chi connectivity index (χ0n) is 16.1. The molecule has 0 aliphatic carbocycles. The van der Waals surface area contributed by atoms with Crippen LogP contribution >= 0.6 is 10.6 Å². The van der Waals surface area contributed by atoms with E-state index in [-0.39, 0.29) is 29.1 Å². The third kappa shape index (κ3) is 5.54. The van der Waals surface area contributed by atoms with Gasteiger partial charge in [-0.3, -0.25) is 23.3 Å². The van der Waals surface area contributed by atoms with Gasteiger partial charge in [0.1, 0.15) is 12.1 Å². The Balaban J connectivity index is 1.55. The molecule has 0 spiro atoms. The molecule has 3 fully saturated rings. The molecular formula is C14H24F2N4O9S2. The third-order valence-electron chi connectivity index (χ3n) is 5.58. The Kier molecular flexibility index (Phi) is 6.70. The Hall–Kier alpha value is -1.34. The first kappa shape index (κ1) is 24.3. The first-order valence-electron chi connectivity index (χ1n) is 9.26. The average molecular weight is 494 g/mol. The summed E-state index contributed by atoms with van der Waals surface area (Å²) in [7, 11) is -7.81. The fourth-order valence-electron chi connectivity index (χ4n) is 3.86. The number of hydrogen-bond acceptors (Lipinski definition) is 9. The Bertz CT molecular complexity index is 821. The summed E-state index contributed by atoms with van der Waals surface area (Å²) in [4.78, 5) is 30.3. The van der Waals surface area contributed by atoms with Crippen molar-refractivity contribution in [1.29, 1.82) is 0 Å². The Morgan fingerprint density at radius 3 is 2.55 bits per heavy atom. The van der Waals surface area contributed by atoms with Gasteiger partial charge in [0.15, 0.2) is 0 Å². The second-order valence-electron chi connectivity index (χ2n) is 7.75. The van der Waals surface area contributed by atoms with E-state index in [1.54, 1.807) is 0 Å². The van der Waals surface area contributed by atoms with Gasteiger partial charge in [0.05, 0.1) is 13.2 Å². The number of amides is 3. The molecule has 17 heteroatoms. The van der Waals surface area contributed by atoms with Crippen molar-refractivity contribution in [2.75, 3.05) is 24.7 Å². The van der Waals surface area contributed by atoms with Gasteiger partial charge < -0.3 is 10.6 Å². The maximum Gasteiger partial charge on any atom is 0.418 e. The molecule has 0 aromatic rings. The van der Waals surface area contributed by atoms with Crippen LogP contribution in [0, 0.1) is 5.92 Å². The van der Waals surface area contributed by atoms with Crippen LogP contribution in [0.5, 0.6) is 0 Å². The summed E-state index contributed by atoms with van der Waals surface area (Å²) < 4.78 is 82.4. The molecule has 3 amide bonds.